The van der Waals surface area contributed by atoms with Gasteiger partial charge in [-0.05, 0) is 44.2 Å². The van der Waals surface area contributed by atoms with Gasteiger partial charge < -0.3 is 10.0 Å². The number of aliphatic hydroxyl groups is 1. The average molecular weight is 218 g/mol. The zero-order valence-corrected chi connectivity index (χ0v) is 9.74. The number of fused-ring (bicyclic) bond motifs is 1. The van der Waals surface area contributed by atoms with Crippen LogP contribution in [-0.4, -0.2) is 28.8 Å². The molecule has 0 amide bonds. The van der Waals surface area contributed by atoms with Crippen molar-refractivity contribution in [3.8, 4) is 0 Å². The van der Waals surface area contributed by atoms with Gasteiger partial charge in [-0.1, -0.05) is 6.07 Å². The smallest absolute Gasteiger partial charge is 0.128 e. The van der Waals surface area contributed by atoms with Crippen LogP contribution in [0.4, 0.5) is 5.82 Å². The lowest BCUT2D eigenvalue weighted by atomic mass is 10.1. The molecule has 1 aliphatic heterocycles. The molecule has 1 unspecified atom stereocenters. The van der Waals surface area contributed by atoms with E-state index < -0.39 is 5.60 Å². The van der Waals surface area contributed by atoms with Crippen molar-refractivity contribution in [2.75, 3.05) is 18.0 Å². The van der Waals surface area contributed by atoms with Gasteiger partial charge in [-0.3, -0.25) is 0 Å². The van der Waals surface area contributed by atoms with Gasteiger partial charge in [-0.2, -0.15) is 0 Å². The van der Waals surface area contributed by atoms with Gasteiger partial charge in [0, 0.05) is 18.8 Å². The van der Waals surface area contributed by atoms with Gasteiger partial charge in [0.15, 0.2) is 0 Å². The molecule has 1 aromatic heterocycles. The molecule has 0 bridgehead atoms. The van der Waals surface area contributed by atoms with Gasteiger partial charge in [0.2, 0.25) is 0 Å². The van der Waals surface area contributed by atoms with Crippen molar-refractivity contribution >= 4 is 5.82 Å². The standard InChI is InChI=1S/C13H18N2O/c1-13(16)7-8-15(9-13)12-6-5-10-3-2-4-11(10)14-12/h5-6,16H,2-4,7-9H2,1H3. The van der Waals surface area contributed by atoms with Crippen LogP contribution in [0, 0.1) is 0 Å². The summed E-state index contributed by atoms with van der Waals surface area (Å²) in [6.45, 7) is 3.53. The number of hydrogen-bond acceptors (Lipinski definition) is 3. The summed E-state index contributed by atoms with van der Waals surface area (Å²) >= 11 is 0. The van der Waals surface area contributed by atoms with E-state index in [0.717, 1.165) is 25.2 Å². The topological polar surface area (TPSA) is 36.4 Å². The number of rotatable bonds is 1. The molecule has 3 heteroatoms. The molecule has 0 radical (unpaired) electrons. The Morgan fingerprint density at radius 3 is 3.00 bits per heavy atom. The zero-order chi connectivity index (χ0) is 11.2. The summed E-state index contributed by atoms with van der Waals surface area (Å²) < 4.78 is 0. The second-order valence-electron chi connectivity index (χ2n) is 5.30. The third-order valence-corrected chi connectivity index (χ3v) is 3.69. The van der Waals surface area contributed by atoms with E-state index in [1.807, 2.05) is 6.92 Å². The molecule has 0 aromatic carbocycles. The summed E-state index contributed by atoms with van der Waals surface area (Å²) in [6, 6.07) is 4.31. The number of aromatic nitrogens is 1. The number of nitrogens with zero attached hydrogens (tertiary/aromatic N) is 2. The molecule has 2 heterocycles. The molecule has 1 aliphatic carbocycles. The molecule has 2 aliphatic rings. The summed E-state index contributed by atoms with van der Waals surface area (Å²) in [7, 11) is 0. The average Bonchev–Trinajstić information content (AvgIpc) is 2.82. The highest BCUT2D eigenvalue weighted by Gasteiger charge is 2.32. The minimum Gasteiger partial charge on any atom is -0.388 e. The van der Waals surface area contributed by atoms with Crippen molar-refractivity contribution in [1.82, 2.24) is 4.98 Å². The molecule has 3 rings (SSSR count). The Morgan fingerprint density at radius 2 is 2.25 bits per heavy atom. The van der Waals surface area contributed by atoms with Gasteiger partial charge >= 0.3 is 0 Å². The number of hydrogen-bond donors (Lipinski definition) is 1. The van der Waals surface area contributed by atoms with Gasteiger partial charge in [0.25, 0.3) is 0 Å². The van der Waals surface area contributed by atoms with Crippen LogP contribution in [0.5, 0.6) is 0 Å². The van der Waals surface area contributed by atoms with Gasteiger partial charge in [-0.15, -0.1) is 0 Å². The Morgan fingerprint density at radius 1 is 1.38 bits per heavy atom. The van der Waals surface area contributed by atoms with E-state index in [4.69, 9.17) is 4.98 Å². The van der Waals surface area contributed by atoms with E-state index in [9.17, 15) is 5.11 Å². The predicted molar refractivity (Wildman–Crippen MR) is 63.7 cm³/mol. The summed E-state index contributed by atoms with van der Waals surface area (Å²) in [4.78, 5) is 6.91. The van der Waals surface area contributed by atoms with Crippen molar-refractivity contribution < 1.29 is 5.11 Å². The van der Waals surface area contributed by atoms with E-state index in [0.29, 0.717) is 6.54 Å². The first-order valence-electron chi connectivity index (χ1n) is 6.10. The Hall–Kier alpha value is -1.09. The molecule has 86 valence electrons. The third kappa shape index (κ3) is 1.69. The van der Waals surface area contributed by atoms with Crippen molar-refractivity contribution in [2.45, 2.75) is 38.2 Å². The van der Waals surface area contributed by atoms with E-state index in [-0.39, 0.29) is 0 Å². The van der Waals surface area contributed by atoms with Crippen molar-refractivity contribution in [1.29, 1.82) is 0 Å². The molecule has 0 saturated carbocycles. The lowest BCUT2D eigenvalue weighted by molar-refractivity contribution is 0.0839. The van der Waals surface area contributed by atoms with Crippen molar-refractivity contribution in [3.63, 3.8) is 0 Å². The Labute approximate surface area is 96.1 Å². The lowest BCUT2D eigenvalue weighted by Gasteiger charge is -2.20. The second-order valence-corrected chi connectivity index (χ2v) is 5.30. The van der Waals surface area contributed by atoms with Gasteiger partial charge in [-0.25, -0.2) is 4.98 Å². The molecule has 16 heavy (non-hydrogen) atoms. The van der Waals surface area contributed by atoms with Crippen LogP contribution in [-0.2, 0) is 12.8 Å². The largest absolute Gasteiger partial charge is 0.388 e. The van der Waals surface area contributed by atoms with E-state index in [2.05, 4.69) is 17.0 Å². The van der Waals surface area contributed by atoms with Gasteiger partial charge in [0.1, 0.15) is 5.82 Å². The Bertz CT molecular complexity index is 414. The SMILES string of the molecule is CC1(O)CCN(c2ccc3c(n2)CCC3)C1. The highest BCUT2D eigenvalue weighted by Crippen LogP contribution is 2.28. The minimum absolute atomic E-state index is 0.541. The molecule has 1 N–H and O–H groups in total. The number of β-amino-alcohol motifs (C(OH)–C–C–N with tert-alkyl or cyclic N) is 1. The molecule has 1 fully saturated rings. The molecule has 1 saturated heterocycles. The Kier molecular flexibility index (Phi) is 2.18. The molecule has 3 nitrogen and oxygen atoms in total. The van der Waals surface area contributed by atoms with Crippen LogP contribution in [0.15, 0.2) is 12.1 Å². The van der Waals surface area contributed by atoms with Gasteiger partial charge in [0.05, 0.1) is 5.60 Å². The van der Waals surface area contributed by atoms with E-state index in [1.165, 1.54) is 24.1 Å². The highest BCUT2D eigenvalue weighted by molar-refractivity contribution is 5.44. The summed E-state index contributed by atoms with van der Waals surface area (Å²) in [5.41, 5.74) is 2.14. The number of anilines is 1. The molecule has 1 aromatic rings. The van der Waals surface area contributed by atoms with E-state index in [1.54, 1.807) is 0 Å². The molecular weight excluding hydrogens is 200 g/mol. The maximum Gasteiger partial charge on any atom is 0.128 e. The first kappa shape index (κ1) is 10.1. The minimum atomic E-state index is -0.541. The van der Waals surface area contributed by atoms with Crippen LogP contribution in [0.1, 0.15) is 31.0 Å². The lowest BCUT2D eigenvalue weighted by Crippen LogP contribution is -2.30. The monoisotopic (exact) mass is 218 g/mol. The number of aryl methyl sites for hydroxylation is 2. The van der Waals surface area contributed by atoms with Crippen LogP contribution in [0.25, 0.3) is 0 Å². The Balaban J connectivity index is 1.85. The van der Waals surface area contributed by atoms with Crippen LogP contribution in [0.2, 0.25) is 0 Å². The summed E-state index contributed by atoms with van der Waals surface area (Å²) in [5.74, 6) is 1.04. The normalized spacial score (nSPS) is 28.5. The molecule has 0 spiro atoms. The molecule has 1 atom stereocenters. The van der Waals surface area contributed by atoms with E-state index >= 15 is 0 Å². The summed E-state index contributed by atoms with van der Waals surface area (Å²) in [6.07, 6.45) is 4.38. The fourth-order valence-corrected chi connectivity index (χ4v) is 2.73. The van der Waals surface area contributed by atoms with Crippen molar-refractivity contribution in [3.05, 3.63) is 23.4 Å². The first-order valence-corrected chi connectivity index (χ1v) is 6.10. The summed E-state index contributed by atoms with van der Waals surface area (Å²) in [5, 5.41) is 9.95. The highest BCUT2D eigenvalue weighted by atomic mass is 16.3. The maximum atomic E-state index is 9.95. The zero-order valence-electron chi connectivity index (χ0n) is 9.74. The predicted octanol–water partition coefficient (Wildman–Crippen LogP) is 1.53. The third-order valence-electron chi connectivity index (χ3n) is 3.69. The van der Waals surface area contributed by atoms with Crippen molar-refractivity contribution in [2.24, 2.45) is 0 Å². The fraction of sp³-hybridized carbons (Fsp3) is 0.615. The second kappa shape index (κ2) is 3.45. The maximum absolute atomic E-state index is 9.95. The molecular formula is C13H18N2O. The van der Waals surface area contributed by atoms with Crippen LogP contribution in [0.3, 0.4) is 0 Å². The first-order chi connectivity index (χ1) is 7.64. The fourth-order valence-electron chi connectivity index (χ4n) is 2.73. The van der Waals surface area contributed by atoms with Crippen LogP contribution < -0.4 is 4.90 Å². The van der Waals surface area contributed by atoms with Crippen LogP contribution >= 0.6 is 0 Å². The quantitative estimate of drug-likeness (QED) is 0.776. The number of pyridine rings is 1.